The maximum Gasteiger partial charge on any atom is 0.251 e. The van der Waals surface area contributed by atoms with E-state index in [0.29, 0.717) is 22.1 Å². The van der Waals surface area contributed by atoms with E-state index in [-0.39, 0.29) is 11.5 Å². The van der Waals surface area contributed by atoms with Crippen molar-refractivity contribution in [1.29, 1.82) is 0 Å². The molecular formula is C16H11BrFNO2. The van der Waals surface area contributed by atoms with Crippen LogP contribution >= 0.6 is 15.9 Å². The molecule has 0 saturated heterocycles. The molecule has 0 bridgehead atoms. The van der Waals surface area contributed by atoms with Gasteiger partial charge in [-0.25, -0.2) is 4.39 Å². The summed E-state index contributed by atoms with van der Waals surface area (Å²) in [5.41, 5.74) is 1.69. The lowest BCUT2D eigenvalue weighted by Gasteiger charge is -2.17. The molecule has 21 heavy (non-hydrogen) atoms. The fraction of sp³-hybridized carbons (Fsp3) is 0.125. The van der Waals surface area contributed by atoms with Crippen LogP contribution in [0.1, 0.15) is 31.8 Å². The molecule has 1 N–H and O–H groups in total. The summed E-state index contributed by atoms with van der Waals surface area (Å²) >= 11 is 3.22. The van der Waals surface area contributed by atoms with Crippen molar-refractivity contribution < 1.29 is 14.0 Å². The lowest BCUT2D eigenvalue weighted by atomic mass is 9.94. The number of amides is 1. The second-order valence-corrected chi connectivity index (χ2v) is 5.75. The first-order chi connectivity index (χ1) is 10.1. The summed E-state index contributed by atoms with van der Waals surface area (Å²) in [5.74, 6) is -1.21. The third-order valence-corrected chi connectivity index (χ3v) is 3.96. The van der Waals surface area contributed by atoms with Crippen molar-refractivity contribution in [1.82, 2.24) is 5.32 Å². The van der Waals surface area contributed by atoms with Crippen molar-refractivity contribution in [3.8, 4) is 0 Å². The van der Waals surface area contributed by atoms with Crippen molar-refractivity contribution >= 4 is 27.6 Å². The number of benzene rings is 2. The number of fused-ring (bicyclic) bond motifs is 1. The number of nitrogens with one attached hydrogen (secondary N) is 1. The van der Waals surface area contributed by atoms with E-state index in [2.05, 4.69) is 21.2 Å². The summed E-state index contributed by atoms with van der Waals surface area (Å²) in [6.07, 6.45) is 0.737. The topological polar surface area (TPSA) is 46.2 Å². The molecule has 0 unspecified atom stereocenters. The molecule has 1 aliphatic rings. The summed E-state index contributed by atoms with van der Waals surface area (Å²) in [4.78, 5) is 24.2. The van der Waals surface area contributed by atoms with Crippen LogP contribution in [-0.2, 0) is 6.42 Å². The summed E-state index contributed by atoms with van der Waals surface area (Å²) in [7, 11) is 0. The van der Waals surface area contributed by atoms with Gasteiger partial charge in [0.25, 0.3) is 5.91 Å². The number of ketones is 1. The molecule has 1 aliphatic heterocycles. The fourth-order valence-electron chi connectivity index (χ4n) is 2.38. The quantitative estimate of drug-likeness (QED) is 0.848. The highest BCUT2D eigenvalue weighted by molar-refractivity contribution is 9.10. The highest BCUT2D eigenvalue weighted by Crippen LogP contribution is 2.22. The first-order valence-electron chi connectivity index (χ1n) is 6.47. The SMILES string of the molecule is O=C(c1ccc2c(c1)C(=O)NCC2)c1cc(Br)ccc1F. The Balaban J connectivity index is 2.04. The highest BCUT2D eigenvalue weighted by Gasteiger charge is 2.20. The largest absolute Gasteiger partial charge is 0.352 e. The Labute approximate surface area is 129 Å². The first kappa shape index (κ1) is 13.9. The van der Waals surface area contributed by atoms with E-state index >= 15 is 0 Å². The Kier molecular flexibility index (Phi) is 3.59. The average molecular weight is 348 g/mol. The Morgan fingerprint density at radius 3 is 2.81 bits per heavy atom. The van der Waals surface area contributed by atoms with E-state index in [1.807, 2.05) is 0 Å². The predicted molar refractivity (Wildman–Crippen MR) is 80.0 cm³/mol. The van der Waals surface area contributed by atoms with Crippen LogP contribution < -0.4 is 5.32 Å². The Bertz CT molecular complexity index is 758. The number of hydrogen-bond acceptors (Lipinski definition) is 2. The van der Waals surface area contributed by atoms with Crippen molar-refractivity contribution in [2.24, 2.45) is 0 Å². The van der Waals surface area contributed by atoms with E-state index in [4.69, 9.17) is 0 Å². The van der Waals surface area contributed by atoms with Gasteiger partial charge in [-0.1, -0.05) is 28.1 Å². The van der Waals surface area contributed by atoms with Gasteiger partial charge in [0.2, 0.25) is 0 Å². The third-order valence-electron chi connectivity index (χ3n) is 3.47. The summed E-state index contributed by atoms with van der Waals surface area (Å²) in [5, 5.41) is 2.73. The molecule has 0 fully saturated rings. The summed E-state index contributed by atoms with van der Waals surface area (Å²) in [6, 6.07) is 9.15. The molecule has 0 saturated carbocycles. The van der Waals surface area contributed by atoms with Gasteiger partial charge >= 0.3 is 0 Å². The zero-order valence-electron chi connectivity index (χ0n) is 11.0. The Morgan fingerprint density at radius 2 is 2.00 bits per heavy atom. The number of halogens is 2. The fourth-order valence-corrected chi connectivity index (χ4v) is 2.74. The van der Waals surface area contributed by atoms with Gasteiger partial charge in [-0.2, -0.15) is 0 Å². The molecule has 0 atom stereocenters. The van der Waals surface area contributed by atoms with Crippen LogP contribution in [0, 0.1) is 5.82 Å². The molecule has 2 aromatic rings. The van der Waals surface area contributed by atoms with Crippen molar-refractivity contribution in [2.45, 2.75) is 6.42 Å². The van der Waals surface area contributed by atoms with E-state index in [1.54, 1.807) is 12.1 Å². The number of hydrogen-bond donors (Lipinski definition) is 1. The molecule has 3 rings (SSSR count). The zero-order valence-corrected chi connectivity index (χ0v) is 12.5. The van der Waals surface area contributed by atoms with Crippen molar-refractivity contribution in [3.63, 3.8) is 0 Å². The second kappa shape index (κ2) is 5.41. The average Bonchev–Trinajstić information content (AvgIpc) is 2.49. The minimum Gasteiger partial charge on any atom is -0.352 e. The van der Waals surface area contributed by atoms with Gasteiger partial charge in [0.05, 0.1) is 5.56 Å². The van der Waals surface area contributed by atoms with Gasteiger partial charge in [0.15, 0.2) is 5.78 Å². The summed E-state index contributed by atoms with van der Waals surface area (Å²) in [6.45, 7) is 0.597. The van der Waals surface area contributed by atoms with Crippen LogP contribution in [0.4, 0.5) is 4.39 Å². The molecule has 0 aliphatic carbocycles. The van der Waals surface area contributed by atoms with Gasteiger partial charge in [0, 0.05) is 22.1 Å². The van der Waals surface area contributed by atoms with Crippen molar-refractivity contribution in [2.75, 3.05) is 6.54 Å². The van der Waals surface area contributed by atoms with Gasteiger partial charge in [-0.3, -0.25) is 9.59 Å². The molecule has 2 aromatic carbocycles. The van der Waals surface area contributed by atoms with E-state index in [9.17, 15) is 14.0 Å². The summed E-state index contributed by atoms with van der Waals surface area (Å²) < 4.78 is 14.4. The molecule has 1 amide bonds. The predicted octanol–water partition coefficient (Wildman–Crippen LogP) is 3.11. The van der Waals surface area contributed by atoms with Crippen LogP contribution in [0.3, 0.4) is 0 Å². The Hall–Kier alpha value is -2.01. The minimum atomic E-state index is -0.578. The minimum absolute atomic E-state index is 0.0134. The monoisotopic (exact) mass is 347 g/mol. The number of rotatable bonds is 2. The van der Waals surface area contributed by atoms with Crippen LogP contribution in [0.5, 0.6) is 0 Å². The smallest absolute Gasteiger partial charge is 0.251 e. The number of carbonyl (C=O) groups excluding carboxylic acids is 2. The molecule has 0 aromatic heterocycles. The lowest BCUT2D eigenvalue weighted by Crippen LogP contribution is -2.32. The van der Waals surface area contributed by atoms with E-state index in [0.717, 1.165) is 12.0 Å². The van der Waals surface area contributed by atoms with Gasteiger partial charge in [-0.05, 0) is 36.2 Å². The maximum atomic E-state index is 13.8. The van der Waals surface area contributed by atoms with Gasteiger partial charge in [0.1, 0.15) is 5.82 Å². The van der Waals surface area contributed by atoms with Gasteiger partial charge < -0.3 is 5.32 Å². The standard InChI is InChI=1S/C16H11BrFNO2/c17-11-3-4-14(18)13(8-11)15(20)10-2-1-9-5-6-19-16(21)12(9)7-10/h1-4,7-8H,5-6H2,(H,19,21). The molecule has 3 nitrogen and oxygen atoms in total. The van der Waals surface area contributed by atoms with E-state index < -0.39 is 11.6 Å². The molecule has 106 valence electrons. The molecule has 5 heteroatoms. The van der Waals surface area contributed by atoms with Crippen LogP contribution in [0.15, 0.2) is 40.9 Å². The van der Waals surface area contributed by atoms with Crippen molar-refractivity contribution in [3.05, 3.63) is 68.9 Å². The van der Waals surface area contributed by atoms with Crippen LogP contribution in [0.25, 0.3) is 0 Å². The lowest BCUT2D eigenvalue weighted by molar-refractivity contribution is 0.0946. The third kappa shape index (κ3) is 2.61. The Morgan fingerprint density at radius 1 is 1.19 bits per heavy atom. The molecule has 0 radical (unpaired) electrons. The first-order valence-corrected chi connectivity index (χ1v) is 7.26. The molecule has 0 spiro atoms. The highest BCUT2D eigenvalue weighted by atomic mass is 79.9. The number of carbonyl (C=O) groups is 2. The molecule has 1 heterocycles. The second-order valence-electron chi connectivity index (χ2n) is 4.83. The normalized spacial score (nSPS) is 13.5. The molecular weight excluding hydrogens is 337 g/mol. The van der Waals surface area contributed by atoms with E-state index in [1.165, 1.54) is 24.3 Å². The zero-order chi connectivity index (χ0) is 15.0. The van der Waals surface area contributed by atoms with Crippen LogP contribution in [-0.4, -0.2) is 18.2 Å². The van der Waals surface area contributed by atoms with Gasteiger partial charge in [-0.15, -0.1) is 0 Å². The van der Waals surface area contributed by atoms with Crippen LogP contribution in [0.2, 0.25) is 0 Å². The maximum absolute atomic E-state index is 13.8.